The SMILES string of the molecule is Cc1ccc(N2CN(C3CCCC3)CNC2=S)cc1. The van der Waals surface area contributed by atoms with E-state index in [4.69, 9.17) is 12.2 Å². The van der Waals surface area contributed by atoms with Gasteiger partial charge in [0.2, 0.25) is 0 Å². The van der Waals surface area contributed by atoms with Crippen molar-refractivity contribution in [2.24, 2.45) is 0 Å². The maximum absolute atomic E-state index is 5.46. The summed E-state index contributed by atoms with van der Waals surface area (Å²) in [4.78, 5) is 4.72. The number of anilines is 1. The van der Waals surface area contributed by atoms with Crippen molar-refractivity contribution in [2.75, 3.05) is 18.2 Å². The molecule has 2 aliphatic rings. The first kappa shape index (κ1) is 12.9. The summed E-state index contributed by atoms with van der Waals surface area (Å²) in [5.41, 5.74) is 2.47. The first-order valence-corrected chi connectivity index (χ1v) is 7.51. The van der Waals surface area contributed by atoms with Crippen molar-refractivity contribution in [3.63, 3.8) is 0 Å². The Kier molecular flexibility index (Phi) is 3.71. The maximum atomic E-state index is 5.46. The lowest BCUT2D eigenvalue weighted by atomic mass is 10.2. The quantitative estimate of drug-likeness (QED) is 0.836. The number of hydrogen-bond donors (Lipinski definition) is 1. The lowest BCUT2D eigenvalue weighted by Gasteiger charge is -2.40. The van der Waals surface area contributed by atoms with Crippen LogP contribution in [0.1, 0.15) is 31.2 Å². The molecule has 0 aromatic heterocycles. The monoisotopic (exact) mass is 275 g/mol. The fourth-order valence-electron chi connectivity index (χ4n) is 3.00. The van der Waals surface area contributed by atoms with Crippen LogP contribution in [0.3, 0.4) is 0 Å². The zero-order valence-electron chi connectivity index (χ0n) is 11.4. The smallest absolute Gasteiger partial charge is 0.175 e. The van der Waals surface area contributed by atoms with Crippen molar-refractivity contribution < 1.29 is 0 Å². The molecule has 0 bridgehead atoms. The van der Waals surface area contributed by atoms with Crippen LogP contribution in [0.25, 0.3) is 0 Å². The van der Waals surface area contributed by atoms with E-state index in [9.17, 15) is 0 Å². The van der Waals surface area contributed by atoms with Crippen molar-refractivity contribution >= 4 is 23.0 Å². The molecule has 19 heavy (non-hydrogen) atoms. The Morgan fingerprint density at radius 3 is 2.53 bits per heavy atom. The fourth-order valence-corrected chi connectivity index (χ4v) is 3.23. The third kappa shape index (κ3) is 2.74. The summed E-state index contributed by atoms with van der Waals surface area (Å²) in [6, 6.07) is 9.32. The van der Waals surface area contributed by atoms with Gasteiger partial charge in [-0.3, -0.25) is 4.90 Å². The molecule has 1 saturated carbocycles. The molecule has 1 N–H and O–H groups in total. The van der Waals surface area contributed by atoms with Crippen LogP contribution in [0.2, 0.25) is 0 Å². The van der Waals surface area contributed by atoms with E-state index in [0.29, 0.717) is 0 Å². The van der Waals surface area contributed by atoms with E-state index >= 15 is 0 Å². The number of nitrogens with zero attached hydrogens (tertiary/aromatic N) is 2. The number of benzene rings is 1. The minimum Gasteiger partial charge on any atom is -0.349 e. The summed E-state index contributed by atoms with van der Waals surface area (Å²) in [5.74, 6) is 0. The molecule has 0 unspecified atom stereocenters. The predicted octanol–water partition coefficient (Wildman–Crippen LogP) is 2.85. The van der Waals surface area contributed by atoms with E-state index in [0.717, 1.165) is 24.5 Å². The zero-order valence-corrected chi connectivity index (χ0v) is 12.2. The number of aryl methyl sites for hydroxylation is 1. The van der Waals surface area contributed by atoms with Crippen LogP contribution in [0.5, 0.6) is 0 Å². The largest absolute Gasteiger partial charge is 0.349 e. The normalized spacial score (nSPS) is 21.7. The Hall–Kier alpha value is -1.13. The van der Waals surface area contributed by atoms with Crippen molar-refractivity contribution in [1.29, 1.82) is 0 Å². The first-order valence-electron chi connectivity index (χ1n) is 7.10. The molecular weight excluding hydrogens is 254 g/mol. The molecule has 1 aliphatic heterocycles. The van der Waals surface area contributed by atoms with Gasteiger partial charge in [-0.15, -0.1) is 0 Å². The first-order chi connectivity index (χ1) is 9.24. The minimum absolute atomic E-state index is 0.726. The van der Waals surface area contributed by atoms with Crippen molar-refractivity contribution in [2.45, 2.75) is 38.6 Å². The molecular formula is C15H21N3S. The average molecular weight is 275 g/mol. The lowest BCUT2D eigenvalue weighted by molar-refractivity contribution is 0.188. The van der Waals surface area contributed by atoms with Gasteiger partial charge in [0.15, 0.2) is 5.11 Å². The Bertz CT molecular complexity index is 451. The van der Waals surface area contributed by atoms with Gasteiger partial charge in [-0.05, 0) is 44.1 Å². The molecule has 0 spiro atoms. The molecule has 1 saturated heterocycles. The standard InChI is InChI=1S/C15H21N3S/c1-12-6-8-14(9-7-12)18-11-17(10-16-15(18)19)13-4-2-3-5-13/h6-9,13H,2-5,10-11H2,1H3,(H,16,19). The minimum atomic E-state index is 0.726. The molecule has 4 heteroatoms. The molecule has 1 heterocycles. The Morgan fingerprint density at radius 2 is 1.84 bits per heavy atom. The third-order valence-corrected chi connectivity index (χ3v) is 4.55. The van der Waals surface area contributed by atoms with Crippen molar-refractivity contribution in [1.82, 2.24) is 10.2 Å². The zero-order chi connectivity index (χ0) is 13.2. The molecule has 102 valence electrons. The fraction of sp³-hybridized carbons (Fsp3) is 0.533. The molecule has 3 nitrogen and oxygen atoms in total. The Labute approximate surface area is 120 Å². The molecule has 1 aromatic rings. The van der Waals surface area contributed by atoms with E-state index in [1.165, 1.54) is 36.9 Å². The second kappa shape index (κ2) is 5.47. The number of nitrogens with one attached hydrogen (secondary N) is 1. The highest BCUT2D eigenvalue weighted by molar-refractivity contribution is 7.80. The molecule has 1 aromatic carbocycles. The summed E-state index contributed by atoms with van der Waals surface area (Å²) in [5, 5.41) is 4.20. The molecule has 1 aliphatic carbocycles. The van der Waals surface area contributed by atoms with Gasteiger partial charge >= 0.3 is 0 Å². The summed E-state index contributed by atoms with van der Waals surface area (Å²) in [7, 11) is 0. The van der Waals surface area contributed by atoms with Gasteiger partial charge < -0.3 is 10.2 Å². The van der Waals surface area contributed by atoms with Crippen LogP contribution < -0.4 is 10.2 Å². The maximum Gasteiger partial charge on any atom is 0.175 e. The van der Waals surface area contributed by atoms with Gasteiger partial charge in [0.05, 0.1) is 13.3 Å². The number of thiocarbonyl (C=S) groups is 1. The third-order valence-electron chi connectivity index (χ3n) is 4.19. The van der Waals surface area contributed by atoms with E-state index in [-0.39, 0.29) is 0 Å². The van der Waals surface area contributed by atoms with Gasteiger partial charge in [-0.2, -0.15) is 0 Å². The van der Waals surface area contributed by atoms with Crippen molar-refractivity contribution in [3.05, 3.63) is 29.8 Å². The van der Waals surface area contributed by atoms with Crippen LogP contribution in [0, 0.1) is 6.92 Å². The topological polar surface area (TPSA) is 18.5 Å². The van der Waals surface area contributed by atoms with Gasteiger partial charge in [-0.25, -0.2) is 0 Å². The van der Waals surface area contributed by atoms with Crippen LogP contribution in [-0.2, 0) is 0 Å². The van der Waals surface area contributed by atoms with E-state index in [2.05, 4.69) is 46.3 Å². The molecule has 0 radical (unpaired) electrons. The summed E-state index contributed by atoms with van der Waals surface area (Å²) >= 11 is 5.46. The average Bonchev–Trinajstić information content (AvgIpc) is 2.94. The highest BCUT2D eigenvalue weighted by Gasteiger charge is 2.28. The molecule has 0 atom stereocenters. The Balaban J connectivity index is 1.75. The molecule has 0 amide bonds. The Morgan fingerprint density at radius 1 is 1.16 bits per heavy atom. The molecule has 3 rings (SSSR count). The van der Waals surface area contributed by atoms with E-state index in [1.807, 2.05) is 0 Å². The van der Waals surface area contributed by atoms with Crippen molar-refractivity contribution in [3.8, 4) is 0 Å². The lowest BCUT2D eigenvalue weighted by Crippen LogP contribution is -2.58. The number of hydrogen-bond acceptors (Lipinski definition) is 2. The highest BCUT2D eigenvalue weighted by Crippen LogP contribution is 2.26. The second-order valence-corrected chi connectivity index (χ2v) is 5.96. The second-order valence-electron chi connectivity index (χ2n) is 5.57. The summed E-state index contributed by atoms with van der Waals surface area (Å²) < 4.78 is 0. The molecule has 2 fully saturated rings. The van der Waals surface area contributed by atoms with Gasteiger partial charge in [0.25, 0.3) is 0 Å². The summed E-state index contributed by atoms with van der Waals surface area (Å²) in [6.45, 7) is 3.92. The van der Waals surface area contributed by atoms with Crippen LogP contribution in [0.4, 0.5) is 5.69 Å². The van der Waals surface area contributed by atoms with Gasteiger partial charge in [0, 0.05) is 11.7 Å². The van der Waals surface area contributed by atoms with Crippen LogP contribution in [-0.4, -0.2) is 29.4 Å². The number of rotatable bonds is 2. The van der Waals surface area contributed by atoms with Gasteiger partial charge in [-0.1, -0.05) is 30.5 Å². The van der Waals surface area contributed by atoms with Crippen LogP contribution in [0.15, 0.2) is 24.3 Å². The van der Waals surface area contributed by atoms with E-state index in [1.54, 1.807) is 0 Å². The highest BCUT2D eigenvalue weighted by atomic mass is 32.1. The van der Waals surface area contributed by atoms with Crippen LogP contribution >= 0.6 is 12.2 Å². The van der Waals surface area contributed by atoms with Gasteiger partial charge in [0.1, 0.15) is 0 Å². The predicted molar refractivity (Wildman–Crippen MR) is 83.2 cm³/mol. The van der Waals surface area contributed by atoms with E-state index < -0.39 is 0 Å². The summed E-state index contributed by atoms with van der Waals surface area (Å²) in [6.07, 6.45) is 5.40.